The van der Waals surface area contributed by atoms with E-state index >= 15 is 0 Å². The van der Waals surface area contributed by atoms with Crippen LogP contribution in [0.5, 0.6) is 0 Å². The Bertz CT molecular complexity index is 1130. The van der Waals surface area contributed by atoms with Gasteiger partial charge in [0, 0.05) is 13.6 Å². The number of hydrogen-bond donors (Lipinski definition) is 2. The third-order valence-electron chi connectivity index (χ3n) is 4.90. The molecule has 3 aromatic rings. The molecular weight excluding hydrogens is 406 g/mol. The molecule has 2 N–H and O–H groups in total. The number of hydrogen-bond acceptors (Lipinski definition) is 7. The molecule has 0 radical (unpaired) electrons. The zero-order valence-electron chi connectivity index (χ0n) is 17.6. The lowest BCUT2D eigenvalue weighted by atomic mass is 10.2. The van der Waals surface area contributed by atoms with Gasteiger partial charge in [-0.2, -0.15) is 15.3 Å². The summed E-state index contributed by atoms with van der Waals surface area (Å²) in [4.78, 5) is 36.2. The van der Waals surface area contributed by atoms with Gasteiger partial charge < -0.3 is 10.6 Å². The molecule has 0 aliphatic carbocycles. The molecule has 1 unspecified atom stereocenters. The highest BCUT2D eigenvalue weighted by Crippen LogP contribution is 2.22. The van der Waals surface area contributed by atoms with Crippen LogP contribution in [0.15, 0.2) is 24.8 Å². The molecule has 3 rings (SSSR count). The highest BCUT2D eigenvalue weighted by Gasteiger charge is 2.26. The first-order chi connectivity index (χ1) is 14.8. The fourth-order valence-electron chi connectivity index (χ4n) is 3.06. The molecule has 0 aliphatic heterocycles. The van der Waals surface area contributed by atoms with Gasteiger partial charge >= 0.3 is 5.69 Å². The Hall–Kier alpha value is -4.03. The molecule has 164 valence electrons. The zero-order valence-corrected chi connectivity index (χ0v) is 17.6. The summed E-state index contributed by atoms with van der Waals surface area (Å²) in [5, 5.41) is 28.6. The van der Waals surface area contributed by atoms with E-state index in [2.05, 4.69) is 25.9 Å². The molecule has 0 fully saturated rings. The molecular formula is C18H23N9O4. The van der Waals surface area contributed by atoms with Crippen molar-refractivity contribution in [2.75, 3.05) is 10.6 Å². The molecule has 13 heteroatoms. The monoisotopic (exact) mass is 429 g/mol. The van der Waals surface area contributed by atoms with Gasteiger partial charge in [0.25, 0.3) is 5.91 Å². The second kappa shape index (κ2) is 8.77. The van der Waals surface area contributed by atoms with Gasteiger partial charge in [0.05, 0.1) is 34.4 Å². The van der Waals surface area contributed by atoms with Crippen LogP contribution in [0.4, 0.5) is 17.1 Å². The first kappa shape index (κ1) is 21.7. The van der Waals surface area contributed by atoms with Crippen LogP contribution in [0.1, 0.15) is 42.5 Å². The van der Waals surface area contributed by atoms with Gasteiger partial charge in [0.15, 0.2) is 0 Å². The Morgan fingerprint density at radius 1 is 1.13 bits per heavy atom. The van der Waals surface area contributed by atoms with Gasteiger partial charge in [0.1, 0.15) is 24.1 Å². The molecule has 3 heterocycles. The second-order valence-corrected chi connectivity index (χ2v) is 6.79. The first-order valence-corrected chi connectivity index (χ1v) is 9.61. The number of aryl methyl sites for hydroxylation is 2. The van der Waals surface area contributed by atoms with Crippen LogP contribution in [0, 0.1) is 17.0 Å². The van der Waals surface area contributed by atoms with Gasteiger partial charge in [-0.15, -0.1) is 0 Å². The van der Waals surface area contributed by atoms with E-state index in [-0.39, 0.29) is 17.1 Å². The number of anilines is 2. The Kier molecular flexibility index (Phi) is 6.13. The molecule has 31 heavy (non-hydrogen) atoms. The van der Waals surface area contributed by atoms with Gasteiger partial charge in [-0.05, 0) is 20.3 Å². The lowest BCUT2D eigenvalue weighted by molar-refractivity contribution is -0.385. The van der Waals surface area contributed by atoms with Crippen LogP contribution in [0.25, 0.3) is 0 Å². The molecule has 0 aliphatic rings. The quantitative estimate of drug-likeness (QED) is 0.409. The molecule has 3 aromatic heterocycles. The Morgan fingerprint density at radius 2 is 1.84 bits per heavy atom. The summed E-state index contributed by atoms with van der Waals surface area (Å²) in [6.45, 7) is 5.80. The fourth-order valence-corrected chi connectivity index (χ4v) is 3.06. The summed E-state index contributed by atoms with van der Waals surface area (Å²) >= 11 is 0. The number of carbonyl (C=O) groups is 2. The SMILES string of the molecule is CCC(C(=O)Nc1cnn(CC)c1C(=O)Nc1cnn(C)c1C)n1cc([N+](=O)[O-])cn1. The van der Waals surface area contributed by atoms with Crippen LogP contribution < -0.4 is 10.6 Å². The van der Waals surface area contributed by atoms with E-state index in [0.717, 1.165) is 11.9 Å². The predicted octanol–water partition coefficient (Wildman–Crippen LogP) is 1.89. The average Bonchev–Trinajstić information content (AvgIpc) is 3.44. The highest BCUT2D eigenvalue weighted by atomic mass is 16.6. The predicted molar refractivity (Wildman–Crippen MR) is 111 cm³/mol. The summed E-state index contributed by atoms with van der Waals surface area (Å²) < 4.78 is 4.33. The smallest absolute Gasteiger partial charge is 0.307 e. The second-order valence-electron chi connectivity index (χ2n) is 6.79. The molecule has 0 saturated carbocycles. The summed E-state index contributed by atoms with van der Waals surface area (Å²) in [5.74, 6) is -0.920. The largest absolute Gasteiger partial charge is 0.321 e. The van der Waals surface area contributed by atoms with Crippen molar-refractivity contribution in [3.8, 4) is 0 Å². The molecule has 13 nitrogen and oxygen atoms in total. The maximum atomic E-state index is 13.0. The number of carbonyl (C=O) groups excluding carboxylic acids is 2. The number of nitrogens with one attached hydrogen (secondary N) is 2. The van der Waals surface area contributed by atoms with E-state index in [9.17, 15) is 19.7 Å². The zero-order chi connectivity index (χ0) is 22.7. The van der Waals surface area contributed by atoms with Gasteiger partial charge in [-0.25, -0.2) is 0 Å². The minimum atomic E-state index is -0.796. The average molecular weight is 429 g/mol. The third-order valence-corrected chi connectivity index (χ3v) is 4.90. The van der Waals surface area contributed by atoms with E-state index in [0.29, 0.717) is 18.7 Å². The third kappa shape index (κ3) is 4.29. The van der Waals surface area contributed by atoms with Crippen LogP contribution >= 0.6 is 0 Å². The number of rotatable bonds is 8. The van der Waals surface area contributed by atoms with Crippen molar-refractivity contribution in [1.29, 1.82) is 0 Å². The van der Waals surface area contributed by atoms with E-state index in [4.69, 9.17) is 0 Å². The van der Waals surface area contributed by atoms with Crippen LogP contribution in [0.3, 0.4) is 0 Å². The lowest BCUT2D eigenvalue weighted by Gasteiger charge is -2.15. The molecule has 0 saturated heterocycles. The summed E-state index contributed by atoms with van der Waals surface area (Å²) in [6.07, 6.45) is 5.55. The Labute approximate surface area is 177 Å². The maximum absolute atomic E-state index is 13.0. The van der Waals surface area contributed by atoms with E-state index in [1.807, 2.05) is 13.8 Å². The van der Waals surface area contributed by atoms with Crippen molar-refractivity contribution < 1.29 is 14.5 Å². The van der Waals surface area contributed by atoms with Crippen LogP contribution in [0.2, 0.25) is 0 Å². The summed E-state index contributed by atoms with van der Waals surface area (Å²) in [5.41, 5.74) is 1.51. The molecule has 0 bridgehead atoms. The minimum absolute atomic E-state index is 0.181. The van der Waals surface area contributed by atoms with Crippen LogP contribution in [-0.2, 0) is 18.4 Å². The molecule has 0 spiro atoms. The molecule has 1 atom stereocenters. The maximum Gasteiger partial charge on any atom is 0.307 e. The summed E-state index contributed by atoms with van der Waals surface area (Å²) in [6, 6.07) is -0.796. The van der Waals surface area contributed by atoms with Crippen LogP contribution in [-0.4, -0.2) is 46.1 Å². The van der Waals surface area contributed by atoms with Gasteiger partial charge in [-0.1, -0.05) is 6.92 Å². The van der Waals surface area contributed by atoms with E-state index < -0.39 is 22.8 Å². The normalized spacial score (nSPS) is 11.9. The van der Waals surface area contributed by atoms with Gasteiger partial charge in [0.2, 0.25) is 5.91 Å². The van der Waals surface area contributed by atoms with Crippen molar-refractivity contribution in [2.24, 2.45) is 7.05 Å². The van der Waals surface area contributed by atoms with Crippen molar-refractivity contribution in [2.45, 2.75) is 39.8 Å². The van der Waals surface area contributed by atoms with E-state index in [1.54, 1.807) is 18.7 Å². The Balaban J connectivity index is 1.84. The molecule has 0 aromatic carbocycles. The van der Waals surface area contributed by atoms with Crippen molar-refractivity contribution in [3.63, 3.8) is 0 Å². The first-order valence-electron chi connectivity index (χ1n) is 9.61. The van der Waals surface area contributed by atoms with Crippen molar-refractivity contribution >= 4 is 28.9 Å². The van der Waals surface area contributed by atoms with Crippen molar-refractivity contribution in [3.05, 3.63) is 46.3 Å². The fraction of sp³-hybridized carbons (Fsp3) is 0.389. The minimum Gasteiger partial charge on any atom is -0.321 e. The topological polar surface area (TPSA) is 155 Å². The van der Waals surface area contributed by atoms with E-state index in [1.165, 1.54) is 28.0 Å². The number of nitro groups is 1. The lowest BCUT2D eigenvalue weighted by Crippen LogP contribution is -2.27. The highest BCUT2D eigenvalue weighted by molar-refractivity contribution is 6.09. The standard InChI is InChI=1S/C18H23N9O4/c1-5-15(26-10-12(7-20-26)27(30)31)17(28)23-14-9-21-25(6-2)16(14)18(29)22-13-8-19-24(4)11(13)3/h7-10,15H,5-6H2,1-4H3,(H,22,29)(H,23,28). The molecule has 2 amide bonds. The number of nitrogens with zero attached hydrogens (tertiary/aromatic N) is 7. The van der Waals surface area contributed by atoms with Gasteiger partial charge in [-0.3, -0.25) is 33.7 Å². The van der Waals surface area contributed by atoms with Crippen molar-refractivity contribution in [1.82, 2.24) is 29.3 Å². The number of aromatic nitrogens is 6. The Morgan fingerprint density at radius 3 is 2.39 bits per heavy atom. The number of amides is 2. The summed E-state index contributed by atoms with van der Waals surface area (Å²) in [7, 11) is 1.76.